The maximum atomic E-state index is 11.5. The van der Waals surface area contributed by atoms with Crippen LogP contribution in [0.25, 0.3) is 0 Å². The van der Waals surface area contributed by atoms with Crippen molar-refractivity contribution in [3.8, 4) is 0 Å². The van der Waals surface area contributed by atoms with Crippen LogP contribution in [0.2, 0.25) is 0 Å². The Morgan fingerprint density at radius 3 is 3.15 bits per heavy atom. The number of Topliss-reactive ketones (excluding diaryl/α,β-unsaturated/α-hetero) is 1. The van der Waals surface area contributed by atoms with Gasteiger partial charge in [0, 0.05) is 20.4 Å². The molecule has 2 aliphatic heterocycles. The van der Waals surface area contributed by atoms with Crippen LogP contribution in [0, 0.1) is 0 Å². The molecule has 0 unspecified atom stereocenters. The van der Waals surface area contributed by atoms with Crippen LogP contribution in [0.15, 0.2) is 11.6 Å². The van der Waals surface area contributed by atoms with Crippen LogP contribution >= 0.6 is 12.4 Å². The van der Waals surface area contributed by atoms with Crippen molar-refractivity contribution in [2.45, 2.75) is 44.6 Å². The molecule has 1 fully saturated rings. The predicted octanol–water partition coefficient (Wildman–Crippen LogP) is 1.84. The largest absolute Gasteiger partial charge is 0.307 e. The zero-order valence-electron chi connectivity index (χ0n) is 10.6. The van der Waals surface area contributed by atoms with Crippen molar-refractivity contribution in [1.29, 1.82) is 0 Å². The highest BCUT2D eigenvalue weighted by Gasteiger charge is 2.29. The van der Waals surface area contributed by atoms with E-state index in [9.17, 15) is 4.79 Å². The number of fused-ring (bicyclic) bond motifs is 2. The third-order valence-electron chi connectivity index (χ3n) is 2.54. The first-order chi connectivity index (χ1) is 6.92. The highest BCUT2D eigenvalue weighted by Crippen LogP contribution is 2.26. The topological polar surface area (TPSA) is 29.1 Å². The van der Waals surface area contributed by atoms with Crippen LogP contribution in [0.5, 0.6) is 0 Å². The molecule has 2 nitrogen and oxygen atoms in total. The maximum absolute atomic E-state index is 11.5. The van der Waals surface area contributed by atoms with Crippen molar-refractivity contribution >= 4 is 18.2 Å². The molecular weight excluding hydrogens is 186 g/mol. The molecular formula is C10H16ClNO. The van der Waals surface area contributed by atoms with E-state index in [1.54, 1.807) is 0 Å². The molecule has 0 aliphatic carbocycles. The van der Waals surface area contributed by atoms with Crippen molar-refractivity contribution in [3.05, 3.63) is 11.6 Å². The van der Waals surface area contributed by atoms with E-state index < -0.39 is 6.37 Å². The molecule has 3 heteroatoms. The van der Waals surface area contributed by atoms with Crippen molar-refractivity contribution in [2.75, 3.05) is 0 Å². The van der Waals surface area contributed by atoms with Gasteiger partial charge in [0.25, 0.3) is 0 Å². The summed E-state index contributed by atoms with van der Waals surface area (Å²) in [4.78, 5) is 11.5. The summed E-state index contributed by atoms with van der Waals surface area (Å²) >= 11 is 0. The molecule has 0 amide bonds. The van der Waals surface area contributed by atoms with Crippen molar-refractivity contribution in [1.82, 2.24) is 5.32 Å². The second-order valence-electron chi connectivity index (χ2n) is 3.47. The van der Waals surface area contributed by atoms with Gasteiger partial charge in [-0.2, -0.15) is 0 Å². The van der Waals surface area contributed by atoms with Crippen LogP contribution in [0.3, 0.4) is 0 Å². The fourth-order valence-electron chi connectivity index (χ4n) is 1.90. The van der Waals surface area contributed by atoms with E-state index in [2.05, 4.69) is 5.32 Å². The molecule has 0 saturated carbocycles. The van der Waals surface area contributed by atoms with Gasteiger partial charge in [-0.15, -0.1) is 12.4 Å². The van der Waals surface area contributed by atoms with Gasteiger partial charge in [-0.05, 0) is 32.6 Å². The summed E-state index contributed by atoms with van der Waals surface area (Å²) < 4.78 is 23.4. The van der Waals surface area contributed by atoms with Crippen LogP contribution in [0.4, 0.5) is 0 Å². The van der Waals surface area contributed by atoms with Gasteiger partial charge in [-0.25, -0.2) is 0 Å². The molecule has 2 atom stereocenters. The second-order valence-corrected chi connectivity index (χ2v) is 3.47. The molecule has 74 valence electrons. The van der Waals surface area contributed by atoms with Crippen molar-refractivity contribution in [2.24, 2.45) is 0 Å². The number of carbonyl (C=O) groups excluding carboxylic acids is 1. The minimum absolute atomic E-state index is 0. The maximum Gasteiger partial charge on any atom is 0.157 e. The lowest BCUT2D eigenvalue weighted by Gasteiger charge is -2.11. The number of halogens is 1. The Morgan fingerprint density at radius 2 is 2.46 bits per heavy atom. The molecule has 2 rings (SSSR count). The monoisotopic (exact) mass is 204 g/mol. The average molecular weight is 205 g/mol. The van der Waals surface area contributed by atoms with E-state index in [-0.39, 0.29) is 36.3 Å². The van der Waals surface area contributed by atoms with Gasteiger partial charge in [-0.3, -0.25) is 4.79 Å². The quantitative estimate of drug-likeness (QED) is 0.706. The summed E-state index contributed by atoms with van der Waals surface area (Å²) in [6, 6.07) is -0.102. The van der Waals surface area contributed by atoms with E-state index in [0.717, 1.165) is 12.8 Å². The van der Waals surface area contributed by atoms with E-state index >= 15 is 0 Å². The number of nitrogens with one attached hydrogen (secondary N) is 1. The highest BCUT2D eigenvalue weighted by atomic mass is 35.5. The molecule has 2 bridgehead atoms. The number of hydrogen-bond donors (Lipinski definition) is 1. The average Bonchev–Trinajstić information content (AvgIpc) is 2.47. The highest BCUT2D eigenvalue weighted by molar-refractivity contribution is 5.94. The molecule has 1 saturated heterocycles. The minimum Gasteiger partial charge on any atom is -0.307 e. The van der Waals surface area contributed by atoms with Gasteiger partial charge < -0.3 is 5.32 Å². The van der Waals surface area contributed by atoms with E-state index in [1.165, 1.54) is 6.92 Å². The Morgan fingerprint density at radius 1 is 1.69 bits per heavy atom. The third kappa shape index (κ3) is 2.12. The number of rotatable bonds is 1. The van der Waals surface area contributed by atoms with E-state index in [1.807, 2.05) is 0 Å². The molecule has 0 radical (unpaired) electrons. The van der Waals surface area contributed by atoms with E-state index in [4.69, 9.17) is 4.11 Å². The van der Waals surface area contributed by atoms with E-state index in [0.29, 0.717) is 12.0 Å². The second kappa shape index (κ2) is 4.25. The predicted molar refractivity (Wildman–Crippen MR) is 55.2 cm³/mol. The Kier molecular flexibility index (Phi) is 2.29. The fourth-order valence-corrected chi connectivity index (χ4v) is 1.90. The Labute approximate surface area is 89.4 Å². The van der Waals surface area contributed by atoms with Gasteiger partial charge in [0.15, 0.2) is 5.78 Å². The van der Waals surface area contributed by atoms with Gasteiger partial charge in [0.2, 0.25) is 0 Å². The Bertz CT molecular complexity index is 343. The summed E-state index contributed by atoms with van der Waals surface area (Å²) in [5.74, 6) is -0.177. The summed E-state index contributed by atoms with van der Waals surface area (Å²) in [6.07, 6.45) is 0.388. The number of ketones is 1. The molecule has 0 aromatic carbocycles. The number of allylic oxidation sites excluding steroid dienone is 1. The minimum atomic E-state index is -1.66. The number of hydrogen-bond acceptors (Lipinski definition) is 2. The molecule has 2 aliphatic rings. The lowest BCUT2D eigenvalue weighted by atomic mass is 9.98. The first kappa shape index (κ1) is 7.02. The van der Waals surface area contributed by atoms with Crippen molar-refractivity contribution < 1.29 is 8.91 Å². The van der Waals surface area contributed by atoms with Crippen molar-refractivity contribution in [3.63, 3.8) is 0 Å². The fraction of sp³-hybridized carbons (Fsp3) is 0.700. The zero-order valence-corrected chi connectivity index (χ0v) is 8.41. The third-order valence-corrected chi connectivity index (χ3v) is 2.54. The lowest BCUT2D eigenvalue weighted by Crippen LogP contribution is -2.30. The van der Waals surface area contributed by atoms with Gasteiger partial charge in [0.05, 0.1) is 1.37 Å². The molecule has 2 heterocycles. The molecule has 0 aromatic rings. The van der Waals surface area contributed by atoms with Crippen LogP contribution in [-0.2, 0) is 4.79 Å². The molecule has 13 heavy (non-hydrogen) atoms. The molecule has 1 N–H and O–H groups in total. The van der Waals surface area contributed by atoms with Gasteiger partial charge in [0.1, 0.15) is 0 Å². The molecule has 0 aromatic heterocycles. The molecule has 0 spiro atoms. The van der Waals surface area contributed by atoms with Crippen LogP contribution in [0.1, 0.15) is 36.7 Å². The van der Waals surface area contributed by atoms with Crippen LogP contribution < -0.4 is 5.32 Å². The van der Waals surface area contributed by atoms with Crippen LogP contribution in [-0.4, -0.2) is 17.9 Å². The standard InChI is InChI=1S/C10H15NO.ClH/c1-7(12)9-4-2-3-8-5-6-10(9)11-8;/h4,8,10-11H,2-3,5-6H2,1H3;1H/t8-,10-;/m1./s1/i2D2,4D;. The summed E-state index contributed by atoms with van der Waals surface area (Å²) in [7, 11) is 0. The first-order valence-electron chi connectivity index (χ1n) is 5.90. The smallest absolute Gasteiger partial charge is 0.157 e. The zero-order chi connectivity index (χ0) is 11.2. The van der Waals surface area contributed by atoms with Gasteiger partial charge in [-0.1, -0.05) is 6.05 Å². The normalized spacial score (nSPS) is 39.6. The van der Waals surface area contributed by atoms with Gasteiger partial charge >= 0.3 is 0 Å². The summed E-state index contributed by atoms with van der Waals surface area (Å²) in [5.41, 5.74) is 0.347. The summed E-state index contributed by atoms with van der Waals surface area (Å²) in [6.45, 7) is 1.42. The summed E-state index contributed by atoms with van der Waals surface area (Å²) in [5, 5.41) is 3.23. The number of carbonyl (C=O) groups is 1. The first-order valence-corrected chi connectivity index (χ1v) is 4.40. The SMILES string of the molecule is Cl.[2H]C1=C(C(C)=O)[C@H]2CC[C@@H](CC1([2H])[2H])N2. The Hall–Kier alpha value is -0.340. The lowest BCUT2D eigenvalue weighted by molar-refractivity contribution is -0.113. The Balaban J connectivity index is 0.00000128.